The molecule has 0 atom stereocenters. The Morgan fingerprint density at radius 3 is 2.72 bits per heavy atom. The number of carboxylic acid groups (broad SMARTS) is 1. The number of aromatic nitrogens is 2. The lowest BCUT2D eigenvalue weighted by Gasteiger charge is -2.19. The van der Waals surface area contributed by atoms with Gasteiger partial charge in [-0.15, -0.1) is 0 Å². The van der Waals surface area contributed by atoms with Gasteiger partial charge in [-0.25, -0.2) is 9.78 Å². The van der Waals surface area contributed by atoms with Gasteiger partial charge in [-0.05, 0) is 6.07 Å². The van der Waals surface area contributed by atoms with Crippen LogP contribution < -0.4 is 0 Å². The van der Waals surface area contributed by atoms with E-state index in [-0.39, 0.29) is 5.56 Å². The maximum atomic E-state index is 14.0. The first-order valence-corrected chi connectivity index (χ1v) is 5.17. The summed E-state index contributed by atoms with van der Waals surface area (Å²) in [6.45, 7) is -0.642. The molecule has 0 radical (unpaired) electrons. The predicted octanol–water partition coefficient (Wildman–Crippen LogP) is 2.37. The number of hydrogen-bond acceptors (Lipinski definition) is 2. The Kier molecular flexibility index (Phi) is 3.10. The van der Waals surface area contributed by atoms with Gasteiger partial charge >= 0.3 is 5.97 Å². The Morgan fingerprint density at radius 2 is 2.11 bits per heavy atom. The monoisotopic (exact) mass is 252 g/mol. The molecule has 2 aromatic rings. The maximum Gasteiger partial charge on any atom is 0.336 e. The van der Waals surface area contributed by atoms with Crippen molar-refractivity contribution in [3.05, 3.63) is 54.1 Å². The van der Waals surface area contributed by atoms with E-state index < -0.39 is 24.0 Å². The van der Waals surface area contributed by atoms with Crippen LogP contribution in [0.25, 0.3) is 0 Å². The van der Waals surface area contributed by atoms with Crippen molar-refractivity contribution in [3.63, 3.8) is 0 Å². The molecular formula is C12H10F2N2O2. The van der Waals surface area contributed by atoms with Gasteiger partial charge in [0.25, 0.3) is 5.92 Å². The molecular weight excluding hydrogens is 242 g/mol. The second-order valence-corrected chi connectivity index (χ2v) is 3.79. The highest BCUT2D eigenvalue weighted by Crippen LogP contribution is 2.32. The summed E-state index contributed by atoms with van der Waals surface area (Å²) in [5.74, 6) is -4.63. The molecule has 0 aliphatic heterocycles. The quantitative estimate of drug-likeness (QED) is 0.908. The van der Waals surface area contributed by atoms with Gasteiger partial charge < -0.3 is 9.67 Å². The summed E-state index contributed by atoms with van der Waals surface area (Å²) in [5, 5.41) is 8.90. The van der Waals surface area contributed by atoms with Crippen molar-refractivity contribution in [2.24, 2.45) is 0 Å². The fourth-order valence-electron chi connectivity index (χ4n) is 1.68. The molecule has 0 saturated heterocycles. The minimum atomic E-state index is -3.27. The lowest BCUT2D eigenvalue weighted by atomic mass is 10.0. The van der Waals surface area contributed by atoms with E-state index in [2.05, 4.69) is 4.98 Å². The van der Waals surface area contributed by atoms with Crippen molar-refractivity contribution in [1.82, 2.24) is 9.55 Å². The van der Waals surface area contributed by atoms with Gasteiger partial charge in [0.05, 0.1) is 18.4 Å². The van der Waals surface area contributed by atoms with Crippen LogP contribution in [0.1, 0.15) is 15.9 Å². The van der Waals surface area contributed by atoms with Gasteiger partial charge in [0.15, 0.2) is 0 Å². The average Bonchev–Trinajstić information content (AvgIpc) is 2.81. The number of aromatic carboxylic acids is 1. The Morgan fingerprint density at radius 1 is 1.39 bits per heavy atom. The molecule has 0 fully saturated rings. The first-order valence-electron chi connectivity index (χ1n) is 5.17. The molecule has 0 spiro atoms. The lowest BCUT2D eigenvalue weighted by molar-refractivity contribution is -0.0234. The largest absolute Gasteiger partial charge is 0.478 e. The topological polar surface area (TPSA) is 55.1 Å². The normalized spacial score (nSPS) is 11.4. The summed E-state index contributed by atoms with van der Waals surface area (Å²) in [7, 11) is 0. The van der Waals surface area contributed by atoms with Crippen LogP contribution in [-0.2, 0) is 12.5 Å². The van der Waals surface area contributed by atoms with E-state index in [4.69, 9.17) is 5.11 Å². The number of halogens is 2. The first kappa shape index (κ1) is 12.2. The third kappa shape index (κ3) is 2.37. The van der Waals surface area contributed by atoms with Crippen LogP contribution in [-0.4, -0.2) is 20.6 Å². The van der Waals surface area contributed by atoms with Gasteiger partial charge in [-0.2, -0.15) is 8.78 Å². The van der Waals surface area contributed by atoms with Gasteiger partial charge in [-0.1, -0.05) is 18.2 Å². The number of rotatable bonds is 4. The highest BCUT2D eigenvalue weighted by atomic mass is 19.3. The molecule has 2 rings (SSSR count). The molecule has 0 saturated carbocycles. The molecule has 6 heteroatoms. The standard InChI is InChI=1S/C12H10F2N2O2/c13-12(14,7-16-6-5-15-8-16)10-4-2-1-3-9(10)11(17)18/h1-6,8H,7H2,(H,17,18). The molecule has 94 valence electrons. The average molecular weight is 252 g/mol. The van der Waals surface area contributed by atoms with Gasteiger partial charge in [-0.3, -0.25) is 0 Å². The molecule has 1 heterocycles. The van der Waals surface area contributed by atoms with Crippen molar-refractivity contribution in [1.29, 1.82) is 0 Å². The highest BCUT2D eigenvalue weighted by Gasteiger charge is 2.35. The third-order valence-electron chi connectivity index (χ3n) is 2.49. The number of benzene rings is 1. The Hall–Kier alpha value is -2.24. The summed E-state index contributed by atoms with van der Waals surface area (Å²) < 4.78 is 29.3. The Labute approximate surface area is 102 Å². The molecule has 1 aromatic carbocycles. The van der Waals surface area contributed by atoms with E-state index in [9.17, 15) is 13.6 Å². The van der Waals surface area contributed by atoms with Crippen molar-refractivity contribution in [2.45, 2.75) is 12.5 Å². The molecule has 0 amide bonds. The van der Waals surface area contributed by atoms with Crippen molar-refractivity contribution in [3.8, 4) is 0 Å². The zero-order valence-electron chi connectivity index (χ0n) is 9.25. The van der Waals surface area contributed by atoms with Crippen LogP contribution in [0, 0.1) is 0 Å². The van der Waals surface area contributed by atoms with E-state index in [1.54, 1.807) is 0 Å². The zero-order chi connectivity index (χ0) is 13.2. The van der Waals surface area contributed by atoms with E-state index in [1.165, 1.54) is 41.5 Å². The van der Waals surface area contributed by atoms with E-state index in [0.29, 0.717) is 0 Å². The zero-order valence-corrected chi connectivity index (χ0v) is 9.25. The number of carboxylic acids is 1. The molecule has 1 aromatic heterocycles. The van der Waals surface area contributed by atoms with Crippen LogP contribution in [0.4, 0.5) is 8.78 Å². The lowest BCUT2D eigenvalue weighted by Crippen LogP contribution is -2.23. The minimum Gasteiger partial charge on any atom is -0.478 e. The summed E-state index contributed by atoms with van der Waals surface area (Å²) in [6.07, 6.45) is 4.05. The fourth-order valence-corrected chi connectivity index (χ4v) is 1.68. The molecule has 0 unspecified atom stereocenters. The van der Waals surface area contributed by atoms with E-state index in [0.717, 1.165) is 6.07 Å². The minimum absolute atomic E-state index is 0.386. The van der Waals surface area contributed by atoms with E-state index >= 15 is 0 Å². The third-order valence-corrected chi connectivity index (χ3v) is 2.49. The summed E-state index contributed by atoms with van der Waals surface area (Å²) >= 11 is 0. The molecule has 0 aliphatic rings. The van der Waals surface area contributed by atoms with Gasteiger partial charge in [0, 0.05) is 18.0 Å². The number of imidazole rings is 1. The molecule has 18 heavy (non-hydrogen) atoms. The predicted molar refractivity (Wildman–Crippen MR) is 59.5 cm³/mol. The van der Waals surface area contributed by atoms with Crippen LogP contribution in [0.2, 0.25) is 0 Å². The van der Waals surface area contributed by atoms with Crippen molar-refractivity contribution < 1.29 is 18.7 Å². The second-order valence-electron chi connectivity index (χ2n) is 3.79. The summed E-state index contributed by atoms with van der Waals surface area (Å²) in [6, 6.07) is 5.10. The number of nitrogens with zero attached hydrogens (tertiary/aromatic N) is 2. The van der Waals surface area contributed by atoms with E-state index in [1.807, 2.05) is 0 Å². The highest BCUT2D eigenvalue weighted by molar-refractivity contribution is 5.89. The SMILES string of the molecule is O=C(O)c1ccccc1C(F)(F)Cn1ccnc1. The van der Waals surface area contributed by atoms with Crippen molar-refractivity contribution in [2.75, 3.05) is 0 Å². The van der Waals surface area contributed by atoms with Crippen LogP contribution in [0.3, 0.4) is 0 Å². The van der Waals surface area contributed by atoms with Gasteiger partial charge in [0.2, 0.25) is 0 Å². The number of hydrogen-bond donors (Lipinski definition) is 1. The second kappa shape index (κ2) is 4.56. The number of alkyl halides is 2. The Bertz CT molecular complexity index is 553. The number of carbonyl (C=O) groups is 1. The molecule has 1 N–H and O–H groups in total. The summed E-state index contributed by atoms with van der Waals surface area (Å²) in [5.41, 5.74) is -0.881. The van der Waals surface area contributed by atoms with Crippen LogP contribution >= 0.6 is 0 Å². The fraction of sp³-hybridized carbons (Fsp3) is 0.167. The molecule has 0 aliphatic carbocycles. The smallest absolute Gasteiger partial charge is 0.336 e. The molecule has 0 bridgehead atoms. The molecule has 4 nitrogen and oxygen atoms in total. The van der Waals surface area contributed by atoms with Crippen molar-refractivity contribution >= 4 is 5.97 Å². The first-order chi connectivity index (χ1) is 8.50. The maximum absolute atomic E-state index is 14.0. The van der Waals surface area contributed by atoms with Crippen LogP contribution in [0.5, 0.6) is 0 Å². The van der Waals surface area contributed by atoms with Crippen LogP contribution in [0.15, 0.2) is 43.0 Å². The summed E-state index contributed by atoms with van der Waals surface area (Å²) in [4.78, 5) is 14.6. The Balaban J connectivity index is 2.37. The van der Waals surface area contributed by atoms with Gasteiger partial charge in [0.1, 0.15) is 0 Å².